The lowest BCUT2D eigenvalue weighted by molar-refractivity contribution is 0.173. The molecule has 0 saturated carbocycles. The lowest BCUT2D eigenvalue weighted by Gasteiger charge is -2.40. The molecule has 1 aliphatic heterocycles. The lowest BCUT2D eigenvalue weighted by Crippen LogP contribution is -2.53. The molecule has 19 heavy (non-hydrogen) atoms. The molecule has 106 valence electrons. The van der Waals surface area contributed by atoms with Crippen LogP contribution in [-0.4, -0.2) is 58.8 Å². The Bertz CT molecular complexity index is 455. The van der Waals surface area contributed by atoms with Crippen LogP contribution in [0.2, 0.25) is 0 Å². The Morgan fingerprint density at radius 2 is 2.05 bits per heavy atom. The second kappa shape index (κ2) is 5.79. The average Bonchev–Trinajstić information content (AvgIpc) is 2.35. The smallest absolute Gasteiger partial charge is 0.186 e. The number of hydrogen-bond acceptors (Lipinski definition) is 5. The number of aliphatic hydroxyl groups is 1. The molecule has 2 heterocycles. The van der Waals surface area contributed by atoms with E-state index in [2.05, 4.69) is 21.8 Å². The Hall–Kier alpha value is -1.27. The zero-order valence-corrected chi connectivity index (χ0v) is 11.7. The van der Waals surface area contributed by atoms with Gasteiger partial charge in [0.2, 0.25) is 0 Å². The topological polar surface area (TPSA) is 52.5 Å². The summed E-state index contributed by atoms with van der Waals surface area (Å²) in [6, 6.07) is 0.170. The van der Waals surface area contributed by atoms with Crippen molar-refractivity contribution in [2.75, 3.05) is 37.7 Å². The standard InChI is InChI=1S/C13H21FN4O/c1-9-8-17(6-7-19)4-5-18(9)13-12(14)10(2)15-11(3)16-13/h9,19H,4-8H2,1-3H3. The molecule has 1 aromatic heterocycles. The predicted molar refractivity (Wildman–Crippen MR) is 71.8 cm³/mol. The molecule has 1 saturated heterocycles. The number of aromatic nitrogens is 2. The molecule has 0 aromatic carbocycles. The fraction of sp³-hybridized carbons (Fsp3) is 0.692. The molecule has 0 amide bonds. The van der Waals surface area contributed by atoms with Crippen molar-refractivity contribution in [2.24, 2.45) is 0 Å². The SMILES string of the molecule is Cc1nc(C)c(F)c(N2CCN(CCO)CC2C)n1. The van der Waals surface area contributed by atoms with Gasteiger partial charge in [0.1, 0.15) is 5.82 Å². The summed E-state index contributed by atoms with van der Waals surface area (Å²) >= 11 is 0. The zero-order chi connectivity index (χ0) is 14.0. The average molecular weight is 268 g/mol. The van der Waals surface area contributed by atoms with Crippen LogP contribution in [0.3, 0.4) is 0 Å². The maximum absolute atomic E-state index is 14.2. The molecule has 1 aliphatic rings. The van der Waals surface area contributed by atoms with Gasteiger partial charge in [0.25, 0.3) is 0 Å². The quantitative estimate of drug-likeness (QED) is 0.876. The third-order valence-electron chi connectivity index (χ3n) is 3.51. The number of nitrogens with zero attached hydrogens (tertiary/aromatic N) is 4. The van der Waals surface area contributed by atoms with Gasteiger partial charge in [0, 0.05) is 32.2 Å². The summed E-state index contributed by atoms with van der Waals surface area (Å²) in [5.74, 6) is 0.674. The number of rotatable bonds is 3. The van der Waals surface area contributed by atoms with E-state index in [1.54, 1.807) is 13.8 Å². The first-order chi connectivity index (χ1) is 9.02. The van der Waals surface area contributed by atoms with Crippen molar-refractivity contribution in [3.05, 3.63) is 17.3 Å². The number of anilines is 1. The van der Waals surface area contributed by atoms with Crippen molar-refractivity contribution < 1.29 is 9.50 Å². The van der Waals surface area contributed by atoms with Crippen molar-refractivity contribution in [3.63, 3.8) is 0 Å². The number of piperazine rings is 1. The van der Waals surface area contributed by atoms with Crippen LogP contribution in [0.25, 0.3) is 0 Å². The number of hydrogen-bond donors (Lipinski definition) is 1. The Labute approximate surface area is 113 Å². The minimum atomic E-state index is -0.326. The Morgan fingerprint density at radius 1 is 1.32 bits per heavy atom. The van der Waals surface area contributed by atoms with Crippen LogP contribution in [0.15, 0.2) is 0 Å². The van der Waals surface area contributed by atoms with Gasteiger partial charge >= 0.3 is 0 Å². The summed E-state index contributed by atoms with van der Waals surface area (Å²) in [5, 5.41) is 8.97. The van der Waals surface area contributed by atoms with Crippen LogP contribution in [-0.2, 0) is 0 Å². The highest BCUT2D eigenvalue weighted by atomic mass is 19.1. The summed E-state index contributed by atoms with van der Waals surface area (Å²) in [4.78, 5) is 12.5. The first-order valence-corrected chi connectivity index (χ1v) is 6.63. The molecule has 6 heteroatoms. The predicted octanol–water partition coefficient (Wildman–Crippen LogP) is 0.735. The van der Waals surface area contributed by atoms with Gasteiger partial charge in [-0.2, -0.15) is 0 Å². The fourth-order valence-corrected chi connectivity index (χ4v) is 2.56. The summed E-state index contributed by atoms with van der Waals surface area (Å²) in [6.07, 6.45) is 0. The van der Waals surface area contributed by atoms with Gasteiger partial charge in [-0.15, -0.1) is 0 Å². The highest BCUT2D eigenvalue weighted by molar-refractivity contribution is 5.43. The van der Waals surface area contributed by atoms with Gasteiger partial charge < -0.3 is 10.0 Å². The van der Waals surface area contributed by atoms with Crippen LogP contribution < -0.4 is 4.90 Å². The molecule has 1 N–H and O–H groups in total. The number of halogens is 1. The van der Waals surface area contributed by atoms with Gasteiger partial charge in [-0.25, -0.2) is 14.4 Å². The molecule has 0 bridgehead atoms. The van der Waals surface area contributed by atoms with E-state index in [4.69, 9.17) is 5.11 Å². The van der Waals surface area contributed by atoms with Gasteiger partial charge in [-0.05, 0) is 20.8 Å². The molecular weight excluding hydrogens is 247 g/mol. The molecule has 1 atom stereocenters. The minimum Gasteiger partial charge on any atom is -0.395 e. The highest BCUT2D eigenvalue weighted by Crippen LogP contribution is 2.23. The summed E-state index contributed by atoms with van der Waals surface area (Å²) in [7, 11) is 0. The Balaban J connectivity index is 2.19. The van der Waals surface area contributed by atoms with Crippen molar-refractivity contribution in [3.8, 4) is 0 Å². The van der Waals surface area contributed by atoms with Crippen molar-refractivity contribution >= 4 is 5.82 Å². The van der Waals surface area contributed by atoms with Gasteiger partial charge in [0.15, 0.2) is 11.6 Å². The van der Waals surface area contributed by atoms with E-state index in [1.165, 1.54) is 0 Å². The van der Waals surface area contributed by atoms with E-state index in [-0.39, 0.29) is 18.5 Å². The molecule has 1 aromatic rings. The number of aliphatic hydroxyl groups excluding tert-OH is 1. The maximum atomic E-state index is 14.2. The Kier molecular flexibility index (Phi) is 4.31. The summed E-state index contributed by atoms with van der Waals surface area (Å²) < 4.78 is 14.2. The minimum absolute atomic E-state index is 0.160. The van der Waals surface area contributed by atoms with Crippen molar-refractivity contribution in [1.82, 2.24) is 14.9 Å². The van der Waals surface area contributed by atoms with Gasteiger partial charge in [0.05, 0.1) is 12.3 Å². The van der Waals surface area contributed by atoms with Crippen LogP contribution in [0, 0.1) is 19.7 Å². The first-order valence-electron chi connectivity index (χ1n) is 6.63. The van der Waals surface area contributed by atoms with E-state index < -0.39 is 0 Å². The first kappa shape index (κ1) is 14.1. The second-order valence-electron chi connectivity index (χ2n) is 5.06. The molecule has 2 rings (SSSR count). The number of aryl methyl sites for hydroxylation is 2. The number of β-amino-alcohol motifs (C(OH)–C–C–N with tert-alkyl or cyclic N) is 1. The molecular formula is C13H21FN4O. The molecule has 1 fully saturated rings. The van der Waals surface area contributed by atoms with Crippen molar-refractivity contribution in [2.45, 2.75) is 26.8 Å². The zero-order valence-electron chi connectivity index (χ0n) is 11.7. The summed E-state index contributed by atoms with van der Waals surface area (Å²) in [6.45, 7) is 8.66. The highest BCUT2D eigenvalue weighted by Gasteiger charge is 2.27. The molecule has 0 aliphatic carbocycles. The van der Waals surface area contributed by atoms with Crippen LogP contribution >= 0.6 is 0 Å². The second-order valence-corrected chi connectivity index (χ2v) is 5.06. The molecule has 0 spiro atoms. The van der Waals surface area contributed by atoms with E-state index >= 15 is 0 Å². The van der Waals surface area contributed by atoms with E-state index in [1.807, 2.05) is 4.90 Å². The lowest BCUT2D eigenvalue weighted by atomic mass is 10.2. The molecule has 0 radical (unpaired) electrons. The van der Waals surface area contributed by atoms with E-state index in [0.717, 1.165) is 13.1 Å². The van der Waals surface area contributed by atoms with E-state index in [9.17, 15) is 4.39 Å². The fourth-order valence-electron chi connectivity index (χ4n) is 2.56. The largest absolute Gasteiger partial charge is 0.395 e. The third kappa shape index (κ3) is 3.01. The van der Waals surface area contributed by atoms with Crippen LogP contribution in [0.1, 0.15) is 18.4 Å². The Morgan fingerprint density at radius 3 is 2.68 bits per heavy atom. The monoisotopic (exact) mass is 268 g/mol. The van der Waals surface area contributed by atoms with Gasteiger partial charge in [-0.1, -0.05) is 0 Å². The normalized spacial score (nSPS) is 20.9. The van der Waals surface area contributed by atoms with E-state index in [0.29, 0.717) is 30.4 Å². The summed E-state index contributed by atoms with van der Waals surface area (Å²) in [5.41, 5.74) is 0.396. The molecule has 5 nitrogen and oxygen atoms in total. The maximum Gasteiger partial charge on any atom is 0.186 e. The molecule has 1 unspecified atom stereocenters. The van der Waals surface area contributed by atoms with Crippen LogP contribution in [0.5, 0.6) is 0 Å². The van der Waals surface area contributed by atoms with Crippen molar-refractivity contribution in [1.29, 1.82) is 0 Å². The third-order valence-corrected chi connectivity index (χ3v) is 3.51. The van der Waals surface area contributed by atoms with Gasteiger partial charge in [-0.3, -0.25) is 4.90 Å². The van der Waals surface area contributed by atoms with Crippen LogP contribution in [0.4, 0.5) is 10.2 Å².